The second-order valence-corrected chi connectivity index (χ2v) is 5.95. The van der Waals surface area contributed by atoms with Crippen molar-refractivity contribution in [3.8, 4) is 11.3 Å². The number of halogens is 3. The number of benzene rings is 2. The summed E-state index contributed by atoms with van der Waals surface area (Å²) in [5.74, 6) is -3.97. The Kier molecular flexibility index (Phi) is 3.16. The van der Waals surface area contributed by atoms with Gasteiger partial charge in [-0.25, -0.2) is 13.2 Å². The van der Waals surface area contributed by atoms with Crippen molar-refractivity contribution in [1.29, 1.82) is 0 Å². The molecule has 122 valence electrons. The SMILES string of the molecule is O=C(O)C1CCc2cc(F)ccc2-c2[nH]c3c(F)cc(F)cc3c21. The van der Waals surface area contributed by atoms with Gasteiger partial charge in [0.25, 0.3) is 0 Å². The number of hydrogen-bond donors (Lipinski definition) is 2. The van der Waals surface area contributed by atoms with E-state index in [4.69, 9.17) is 0 Å². The van der Waals surface area contributed by atoms with Crippen LogP contribution in [-0.4, -0.2) is 16.1 Å². The second kappa shape index (κ2) is 5.12. The summed E-state index contributed by atoms with van der Waals surface area (Å²) in [5.41, 5.74) is 2.08. The van der Waals surface area contributed by atoms with Gasteiger partial charge in [-0.15, -0.1) is 0 Å². The lowest BCUT2D eigenvalue weighted by atomic mass is 9.93. The van der Waals surface area contributed by atoms with Crippen molar-refractivity contribution in [2.45, 2.75) is 18.8 Å². The first-order valence-electron chi connectivity index (χ1n) is 7.48. The fourth-order valence-corrected chi connectivity index (χ4v) is 3.52. The summed E-state index contributed by atoms with van der Waals surface area (Å²) in [4.78, 5) is 14.6. The van der Waals surface area contributed by atoms with Gasteiger partial charge in [0.15, 0.2) is 0 Å². The van der Waals surface area contributed by atoms with Crippen molar-refractivity contribution < 1.29 is 23.1 Å². The largest absolute Gasteiger partial charge is 0.481 e. The molecule has 1 heterocycles. The molecule has 1 atom stereocenters. The van der Waals surface area contributed by atoms with Gasteiger partial charge in [0.05, 0.1) is 17.1 Å². The number of aromatic amines is 1. The fourth-order valence-electron chi connectivity index (χ4n) is 3.52. The molecule has 1 aromatic heterocycles. The lowest BCUT2D eigenvalue weighted by Gasteiger charge is -2.10. The highest BCUT2D eigenvalue weighted by atomic mass is 19.1. The van der Waals surface area contributed by atoms with Gasteiger partial charge in [0.2, 0.25) is 0 Å². The molecule has 3 aromatic rings. The fraction of sp³-hybridized carbons (Fsp3) is 0.167. The highest BCUT2D eigenvalue weighted by molar-refractivity contribution is 5.97. The summed E-state index contributed by atoms with van der Waals surface area (Å²) < 4.78 is 41.3. The van der Waals surface area contributed by atoms with Crippen molar-refractivity contribution in [2.24, 2.45) is 0 Å². The molecular weight excluding hydrogens is 319 g/mol. The number of carboxylic acids is 1. The summed E-state index contributed by atoms with van der Waals surface area (Å²) in [6, 6.07) is 6.05. The van der Waals surface area contributed by atoms with Gasteiger partial charge in [-0.05, 0) is 48.2 Å². The van der Waals surface area contributed by atoms with E-state index in [0.717, 1.165) is 12.1 Å². The molecule has 0 radical (unpaired) electrons. The molecule has 0 saturated heterocycles. The molecular formula is C18H12F3NO2. The third-order valence-corrected chi connectivity index (χ3v) is 4.55. The molecule has 2 aromatic carbocycles. The topological polar surface area (TPSA) is 53.1 Å². The Labute approximate surface area is 134 Å². The Hall–Kier alpha value is -2.76. The van der Waals surface area contributed by atoms with E-state index in [2.05, 4.69) is 4.98 Å². The zero-order valence-electron chi connectivity index (χ0n) is 12.4. The highest BCUT2D eigenvalue weighted by Gasteiger charge is 2.32. The van der Waals surface area contributed by atoms with Crippen LogP contribution in [0.1, 0.15) is 23.5 Å². The minimum absolute atomic E-state index is 0.0600. The van der Waals surface area contributed by atoms with E-state index in [-0.39, 0.29) is 17.3 Å². The van der Waals surface area contributed by atoms with Gasteiger partial charge >= 0.3 is 5.97 Å². The summed E-state index contributed by atoms with van der Waals surface area (Å²) in [6.45, 7) is 0. The number of aryl methyl sites for hydroxylation is 1. The highest BCUT2D eigenvalue weighted by Crippen LogP contribution is 2.43. The molecule has 3 nitrogen and oxygen atoms in total. The van der Waals surface area contributed by atoms with Gasteiger partial charge in [-0.1, -0.05) is 0 Å². The number of carbonyl (C=O) groups is 1. The smallest absolute Gasteiger partial charge is 0.311 e. The Morgan fingerprint density at radius 1 is 1.12 bits per heavy atom. The maximum absolute atomic E-state index is 14.1. The molecule has 0 amide bonds. The minimum atomic E-state index is -1.07. The molecule has 6 heteroatoms. The number of hydrogen-bond acceptors (Lipinski definition) is 1. The van der Waals surface area contributed by atoms with Crippen molar-refractivity contribution in [3.05, 3.63) is 58.9 Å². The molecule has 1 aliphatic rings. The molecule has 0 spiro atoms. The normalized spacial score (nSPS) is 16.5. The van der Waals surface area contributed by atoms with Crippen LogP contribution in [0.2, 0.25) is 0 Å². The van der Waals surface area contributed by atoms with Crippen LogP contribution < -0.4 is 0 Å². The number of aliphatic carboxylic acids is 1. The van der Waals surface area contributed by atoms with E-state index in [1.165, 1.54) is 18.2 Å². The average molecular weight is 331 g/mol. The zero-order valence-corrected chi connectivity index (χ0v) is 12.4. The predicted molar refractivity (Wildman–Crippen MR) is 82.3 cm³/mol. The van der Waals surface area contributed by atoms with Gasteiger partial charge < -0.3 is 10.1 Å². The molecule has 0 fully saturated rings. The molecule has 0 bridgehead atoms. The average Bonchev–Trinajstić information content (AvgIpc) is 2.79. The molecule has 24 heavy (non-hydrogen) atoms. The van der Waals surface area contributed by atoms with Crippen molar-refractivity contribution in [2.75, 3.05) is 0 Å². The Morgan fingerprint density at radius 2 is 1.92 bits per heavy atom. The van der Waals surface area contributed by atoms with E-state index < -0.39 is 29.3 Å². The molecule has 2 N–H and O–H groups in total. The molecule has 0 aliphatic heterocycles. The standard InChI is InChI=1S/C18H12F3NO2/c19-9-2-4-11-8(5-9)1-3-12(18(23)24)15-13-6-10(20)7-14(21)16(13)22-17(11)15/h2,4-7,12,22H,1,3H2,(H,23,24). The first kappa shape index (κ1) is 14.8. The minimum Gasteiger partial charge on any atom is -0.481 e. The van der Waals surface area contributed by atoms with Gasteiger partial charge in [0.1, 0.15) is 17.5 Å². The van der Waals surface area contributed by atoms with E-state index in [9.17, 15) is 23.1 Å². The quantitative estimate of drug-likeness (QED) is 0.696. The van der Waals surface area contributed by atoms with Gasteiger partial charge in [0, 0.05) is 17.0 Å². The lowest BCUT2D eigenvalue weighted by Crippen LogP contribution is -2.11. The van der Waals surface area contributed by atoms with Crippen LogP contribution in [0.15, 0.2) is 30.3 Å². The molecule has 1 aliphatic carbocycles. The van der Waals surface area contributed by atoms with E-state index in [1.807, 2.05) is 0 Å². The number of fused-ring (bicyclic) bond motifs is 5. The Morgan fingerprint density at radius 3 is 2.67 bits per heavy atom. The third kappa shape index (κ3) is 2.10. The number of carboxylic acid groups (broad SMARTS) is 1. The van der Waals surface area contributed by atoms with Gasteiger partial charge in [-0.2, -0.15) is 0 Å². The zero-order chi connectivity index (χ0) is 17.0. The number of rotatable bonds is 1. The number of nitrogens with one attached hydrogen (secondary N) is 1. The van der Waals surface area contributed by atoms with Crippen LogP contribution >= 0.6 is 0 Å². The van der Waals surface area contributed by atoms with Crippen molar-refractivity contribution >= 4 is 16.9 Å². The van der Waals surface area contributed by atoms with E-state index in [1.54, 1.807) is 0 Å². The summed E-state index contributed by atoms with van der Waals surface area (Å²) in [7, 11) is 0. The van der Waals surface area contributed by atoms with Crippen LogP contribution in [0.25, 0.3) is 22.2 Å². The van der Waals surface area contributed by atoms with Crippen molar-refractivity contribution in [3.63, 3.8) is 0 Å². The number of aromatic nitrogens is 1. The van der Waals surface area contributed by atoms with E-state index >= 15 is 0 Å². The van der Waals surface area contributed by atoms with Crippen LogP contribution in [0.3, 0.4) is 0 Å². The Balaban J connectivity index is 2.12. The van der Waals surface area contributed by atoms with Crippen LogP contribution in [-0.2, 0) is 11.2 Å². The monoisotopic (exact) mass is 331 g/mol. The van der Waals surface area contributed by atoms with Crippen LogP contribution in [0, 0.1) is 17.5 Å². The first-order valence-corrected chi connectivity index (χ1v) is 7.48. The third-order valence-electron chi connectivity index (χ3n) is 4.55. The summed E-state index contributed by atoms with van der Waals surface area (Å²) >= 11 is 0. The molecule has 0 saturated carbocycles. The van der Waals surface area contributed by atoms with Crippen molar-refractivity contribution in [1.82, 2.24) is 4.98 Å². The maximum atomic E-state index is 14.1. The Bertz CT molecular complexity index is 994. The summed E-state index contributed by atoms with van der Waals surface area (Å²) in [5, 5.41) is 9.80. The van der Waals surface area contributed by atoms with Crippen LogP contribution in [0.4, 0.5) is 13.2 Å². The van der Waals surface area contributed by atoms with Crippen LogP contribution in [0.5, 0.6) is 0 Å². The molecule has 4 rings (SSSR count). The maximum Gasteiger partial charge on any atom is 0.311 e. The summed E-state index contributed by atoms with van der Waals surface area (Å²) in [6.07, 6.45) is 0.593. The van der Waals surface area contributed by atoms with E-state index in [0.29, 0.717) is 28.8 Å². The lowest BCUT2D eigenvalue weighted by molar-refractivity contribution is -0.138. The first-order chi connectivity index (χ1) is 11.5. The second-order valence-electron chi connectivity index (χ2n) is 5.95. The number of H-pyrrole nitrogens is 1. The predicted octanol–water partition coefficient (Wildman–Crippen LogP) is 4.37. The van der Waals surface area contributed by atoms with Gasteiger partial charge in [-0.3, -0.25) is 4.79 Å². The molecule has 1 unspecified atom stereocenters.